The number of fused-ring (bicyclic) bond motifs is 1. The van der Waals surface area contributed by atoms with E-state index in [4.69, 9.17) is 0 Å². The summed E-state index contributed by atoms with van der Waals surface area (Å²) in [7, 11) is 0. The van der Waals surface area contributed by atoms with Gasteiger partial charge in [-0.2, -0.15) is 22.6 Å². The molecule has 0 N–H and O–H groups in total. The molecule has 1 fully saturated rings. The van der Waals surface area contributed by atoms with Gasteiger partial charge in [0.15, 0.2) is 16.7 Å². The molecule has 0 aliphatic carbocycles. The van der Waals surface area contributed by atoms with Crippen LogP contribution in [0, 0.1) is 0 Å². The van der Waals surface area contributed by atoms with Gasteiger partial charge in [-0.05, 0) is 12.1 Å². The van der Waals surface area contributed by atoms with Gasteiger partial charge in [0.1, 0.15) is 6.33 Å². The number of hydrogen-bond acceptors (Lipinski definition) is 5. The van der Waals surface area contributed by atoms with Gasteiger partial charge in [-0.1, -0.05) is 18.3 Å². The number of carbonyl (C=O) groups excluding carboxylic acids is 1. The Morgan fingerprint density at radius 3 is 2.61 bits per heavy atom. The highest BCUT2D eigenvalue weighted by Gasteiger charge is 2.66. The van der Waals surface area contributed by atoms with Crippen LogP contribution in [0.5, 0.6) is 11.5 Å². The Kier molecular flexibility index (Phi) is 4.10. The normalized spacial score (nSPS) is 21.2. The smallest absolute Gasteiger partial charge is 0.421 e. The molecule has 12 heteroatoms. The zero-order valence-electron chi connectivity index (χ0n) is 13.8. The van der Waals surface area contributed by atoms with Gasteiger partial charge in [-0.15, -0.1) is 0 Å². The standard InChI is InChI=1S/C16H10F4N4O3S/c1-9-7-24(14(28-9)22-13(25)23-5-4-21-8-23)10-2-3-11-12(6-10)27-16(19,20)15(17,18)26-11/h2-6,8H,1,7H2. The molecular weight excluding hydrogens is 404 g/mol. The Bertz CT molecular complexity index is 994. The summed E-state index contributed by atoms with van der Waals surface area (Å²) in [6.45, 7) is 4.04. The predicted octanol–water partition coefficient (Wildman–Crippen LogP) is 3.93. The zero-order chi connectivity index (χ0) is 20.1. The van der Waals surface area contributed by atoms with Crippen LogP contribution < -0.4 is 14.4 Å². The molecule has 146 valence electrons. The van der Waals surface area contributed by atoms with Crippen molar-refractivity contribution in [3.63, 3.8) is 0 Å². The summed E-state index contributed by atoms with van der Waals surface area (Å²) in [6.07, 6.45) is -5.51. The van der Waals surface area contributed by atoms with Gasteiger partial charge >= 0.3 is 18.2 Å². The van der Waals surface area contributed by atoms with E-state index in [1.54, 1.807) is 0 Å². The van der Waals surface area contributed by atoms with Gasteiger partial charge in [-0.25, -0.2) is 9.78 Å². The Balaban J connectivity index is 1.67. The van der Waals surface area contributed by atoms with Crippen molar-refractivity contribution in [3.05, 3.63) is 48.4 Å². The average molecular weight is 414 g/mol. The van der Waals surface area contributed by atoms with Gasteiger partial charge in [0, 0.05) is 29.1 Å². The number of hydrogen-bond donors (Lipinski definition) is 0. The number of carbonyl (C=O) groups is 1. The van der Waals surface area contributed by atoms with Crippen LogP contribution in [0.2, 0.25) is 0 Å². The number of nitrogens with zero attached hydrogens (tertiary/aromatic N) is 4. The van der Waals surface area contributed by atoms with E-state index in [1.165, 1.54) is 29.7 Å². The summed E-state index contributed by atoms with van der Waals surface area (Å²) in [6, 6.07) is 2.92. The first-order chi connectivity index (χ1) is 13.2. The summed E-state index contributed by atoms with van der Waals surface area (Å²) in [5, 5.41) is 0.234. The monoisotopic (exact) mass is 414 g/mol. The number of aliphatic imine (C=N–C) groups is 1. The SMILES string of the molecule is C=C1CN(c2ccc3c(c2)OC(F)(F)C(F)(F)O3)C(=NC(=O)n2ccnc2)S1. The summed E-state index contributed by atoms with van der Waals surface area (Å²) in [4.78, 5) is 22.1. The lowest BCUT2D eigenvalue weighted by molar-refractivity contribution is -0.391. The number of benzene rings is 1. The topological polar surface area (TPSA) is 69.0 Å². The molecule has 0 saturated carbocycles. The molecule has 2 aliphatic rings. The Morgan fingerprint density at radius 2 is 1.93 bits per heavy atom. The molecule has 2 aliphatic heterocycles. The van der Waals surface area contributed by atoms with Gasteiger partial charge in [-0.3, -0.25) is 4.57 Å². The van der Waals surface area contributed by atoms with Crippen LogP contribution in [-0.2, 0) is 0 Å². The van der Waals surface area contributed by atoms with E-state index in [0.29, 0.717) is 4.91 Å². The van der Waals surface area contributed by atoms with Crippen LogP contribution >= 0.6 is 11.8 Å². The Hall–Kier alpha value is -3.02. The first-order valence-electron chi connectivity index (χ1n) is 7.68. The zero-order valence-corrected chi connectivity index (χ0v) is 14.6. The molecule has 4 rings (SSSR count). The van der Waals surface area contributed by atoms with Crippen LogP contribution in [0.3, 0.4) is 0 Å². The highest BCUT2D eigenvalue weighted by Crippen LogP contribution is 2.48. The van der Waals surface area contributed by atoms with Crippen molar-refractivity contribution in [2.75, 3.05) is 11.4 Å². The van der Waals surface area contributed by atoms with Crippen LogP contribution in [0.15, 0.2) is 53.4 Å². The van der Waals surface area contributed by atoms with Crippen molar-refractivity contribution in [2.24, 2.45) is 4.99 Å². The van der Waals surface area contributed by atoms with E-state index in [9.17, 15) is 22.4 Å². The fourth-order valence-electron chi connectivity index (χ4n) is 2.48. The molecule has 0 bridgehead atoms. The number of ether oxygens (including phenoxy) is 2. The molecule has 1 amide bonds. The number of rotatable bonds is 1. The van der Waals surface area contributed by atoms with E-state index in [-0.39, 0.29) is 17.4 Å². The molecule has 28 heavy (non-hydrogen) atoms. The summed E-state index contributed by atoms with van der Waals surface area (Å²) in [5.41, 5.74) is 0.284. The highest BCUT2D eigenvalue weighted by molar-refractivity contribution is 8.18. The molecule has 2 aromatic rings. The number of anilines is 1. The molecule has 7 nitrogen and oxygen atoms in total. The third-order valence-electron chi connectivity index (χ3n) is 3.77. The quantitative estimate of drug-likeness (QED) is 0.659. The summed E-state index contributed by atoms with van der Waals surface area (Å²) in [5.74, 6) is -1.09. The molecule has 0 radical (unpaired) electrons. The fourth-order valence-corrected chi connectivity index (χ4v) is 3.34. The van der Waals surface area contributed by atoms with Crippen molar-refractivity contribution >= 4 is 28.6 Å². The molecule has 3 heterocycles. The lowest BCUT2D eigenvalue weighted by atomic mass is 10.2. The minimum atomic E-state index is -4.82. The first kappa shape index (κ1) is 18.3. The molecule has 1 saturated heterocycles. The van der Waals surface area contributed by atoms with Gasteiger partial charge < -0.3 is 14.4 Å². The number of imidazole rings is 1. The van der Waals surface area contributed by atoms with Gasteiger partial charge in [0.05, 0.1) is 6.54 Å². The maximum absolute atomic E-state index is 13.4. The largest absolute Gasteiger partial charge is 0.507 e. The molecule has 1 aromatic heterocycles. The molecule has 0 atom stereocenters. The molecule has 0 unspecified atom stereocenters. The Morgan fingerprint density at radius 1 is 1.21 bits per heavy atom. The lowest BCUT2D eigenvalue weighted by Gasteiger charge is -2.32. The molecule has 0 spiro atoms. The first-order valence-corrected chi connectivity index (χ1v) is 8.50. The maximum Gasteiger partial charge on any atom is 0.507 e. The number of amides is 1. The number of thioether (sulfide) groups is 1. The van der Waals surface area contributed by atoms with E-state index < -0.39 is 29.7 Å². The van der Waals surface area contributed by atoms with Crippen LogP contribution in [0.1, 0.15) is 0 Å². The average Bonchev–Trinajstić information content (AvgIpc) is 3.25. The van der Waals surface area contributed by atoms with E-state index in [2.05, 4.69) is 26.0 Å². The predicted molar refractivity (Wildman–Crippen MR) is 92.1 cm³/mol. The second-order valence-corrected chi connectivity index (χ2v) is 6.89. The minimum absolute atomic E-state index is 0.229. The van der Waals surface area contributed by atoms with Crippen molar-refractivity contribution in [1.82, 2.24) is 9.55 Å². The number of aromatic nitrogens is 2. The molecule has 1 aromatic carbocycles. The minimum Gasteiger partial charge on any atom is -0.421 e. The third-order valence-corrected chi connectivity index (χ3v) is 4.68. The van der Waals surface area contributed by atoms with E-state index in [0.717, 1.165) is 28.5 Å². The Labute approximate surface area is 159 Å². The number of amidine groups is 1. The van der Waals surface area contributed by atoms with Crippen LogP contribution in [-0.4, -0.2) is 39.5 Å². The van der Waals surface area contributed by atoms with E-state index in [1.807, 2.05) is 0 Å². The van der Waals surface area contributed by atoms with Crippen LogP contribution in [0.4, 0.5) is 28.0 Å². The number of alkyl halides is 4. The van der Waals surface area contributed by atoms with Crippen molar-refractivity contribution in [1.29, 1.82) is 0 Å². The second kappa shape index (κ2) is 6.26. The fraction of sp³-hybridized carbons (Fsp3) is 0.188. The van der Waals surface area contributed by atoms with Gasteiger partial charge in [0.25, 0.3) is 0 Å². The van der Waals surface area contributed by atoms with Crippen molar-refractivity contribution in [2.45, 2.75) is 12.2 Å². The summed E-state index contributed by atoms with van der Waals surface area (Å²) < 4.78 is 62.8. The third kappa shape index (κ3) is 3.09. The second-order valence-electron chi connectivity index (χ2n) is 5.74. The van der Waals surface area contributed by atoms with Crippen LogP contribution in [0.25, 0.3) is 0 Å². The maximum atomic E-state index is 13.4. The van der Waals surface area contributed by atoms with Crippen molar-refractivity contribution in [3.8, 4) is 11.5 Å². The van der Waals surface area contributed by atoms with Crippen molar-refractivity contribution < 1.29 is 31.8 Å². The summed E-state index contributed by atoms with van der Waals surface area (Å²) >= 11 is 1.12. The lowest BCUT2D eigenvalue weighted by Crippen LogP contribution is -2.52. The molecular formula is C16H10F4N4O3S. The van der Waals surface area contributed by atoms with Gasteiger partial charge in [0.2, 0.25) is 0 Å². The van der Waals surface area contributed by atoms with E-state index >= 15 is 0 Å². The number of halogens is 4. The highest BCUT2D eigenvalue weighted by atomic mass is 32.2.